The summed E-state index contributed by atoms with van der Waals surface area (Å²) in [6.07, 6.45) is 3.10. The lowest BCUT2D eigenvalue weighted by Crippen LogP contribution is -2.43. The Morgan fingerprint density at radius 1 is 1.64 bits per heavy atom. The molecule has 0 aromatic carbocycles. The number of rotatable bonds is 4. The molecule has 1 aliphatic rings. The molecular weight excluding hydrogens is 182 g/mol. The van der Waals surface area contributed by atoms with Crippen LogP contribution in [0.25, 0.3) is 0 Å². The first kappa shape index (κ1) is 9.27. The molecule has 0 spiro atoms. The van der Waals surface area contributed by atoms with Gasteiger partial charge in [-0.15, -0.1) is 0 Å². The summed E-state index contributed by atoms with van der Waals surface area (Å²) >= 11 is 0. The molecule has 1 aromatic heterocycles. The number of hydrogen-bond acceptors (Lipinski definition) is 3. The van der Waals surface area contributed by atoms with Crippen molar-refractivity contribution in [3.63, 3.8) is 0 Å². The van der Waals surface area contributed by atoms with E-state index in [2.05, 4.69) is 5.32 Å². The van der Waals surface area contributed by atoms with Gasteiger partial charge >= 0.3 is 5.97 Å². The van der Waals surface area contributed by atoms with E-state index in [-0.39, 0.29) is 5.92 Å². The number of furan rings is 1. The number of nitrogens with one attached hydrogen (secondary N) is 1. The first-order valence-electron chi connectivity index (χ1n) is 4.74. The lowest BCUT2D eigenvalue weighted by molar-refractivity contribution is -0.145. The Bertz CT molecular complexity index is 301. The second-order valence-corrected chi connectivity index (χ2v) is 3.66. The molecule has 0 unspecified atom stereocenters. The highest BCUT2D eigenvalue weighted by atomic mass is 16.4. The van der Waals surface area contributed by atoms with E-state index in [0.29, 0.717) is 12.6 Å². The smallest absolute Gasteiger partial charge is 0.306 e. The zero-order chi connectivity index (χ0) is 9.97. The van der Waals surface area contributed by atoms with Crippen molar-refractivity contribution in [1.82, 2.24) is 5.32 Å². The summed E-state index contributed by atoms with van der Waals surface area (Å²) in [5, 5.41) is 11.9. The van der Waals surface area contributed by atoms with Crippen LogP contribution in [-0.4, -0.2) is 17.1 Å². The molecule has 14 heavy (non-hydrogen) atoms. The third-order valence-corrected chi connectivity index (χ3v) is 2.63. The van der Waals surface area contributed by atoms with Crippen LogP contribution < -0.4 is 5.32 Å². The fraction of sp³-hybridized carbons (Fsp3) is 0.500. The Balaban J connectivity index is 1.68. The Hall–Kier alpha value is -1.29. The molecule has 1 fully saturated rings. The molecular formula is C10H13NO3. The minimum Gasteiger partial charge on any atom is -0.481 e. The highest BCUT2D eigenvalue weighted by molar-refractivity contribution is 5.71. The van der Waals surface area contributed by atoms with Crippen molar-refractivity contribution < 1.29 is 14.3 Å². The van der Waals surface area contributed by atoms with Gasteiger partial charge in [-0.05, 0) is 25.0 Å². The summed E-state index contributed by atoms with van der Waals surface area (Å²) in [5.41, 5.74) is 0. The van der Waals surface area contributed by atoms with E-state index < -0.39 is 5.97 Å². The molecule has 4 nitrogen and oxygen atoms in total. The quantitative estimate of drug-likeness (QED) is 0.758. The standard InChI is InChI=1S/C10H13NO3/c12-10(13)7-4-8(5-7)11-6-9-2-1-3-14-9/h1-3,7-8,11H,4-6H2,(H,12,13). The van der Waals surface area contributed by atoms with Gasteiger partial charge in [0.2, 0.25) is 0 Å². The first-order chi connectivity index (χ1) is 6.75. The van der Waals surface area contributed by atoms with Gasteiger partial charge in [0.05, 0.1) is 18.7 Å². The van der Waals surface area contributed by atoms with Gasteiger partial charge in [-0.2, -0.15) is 0 Å². The zero-order valence-corrected chi connectivity index (χ0v) is 7.77. The van der Waals surface area contributed by atoms with Crippen LogP contribution >= 0.6 is 0 Å². The SMILES string of the molecule is O=C(O)C1CC(NCc2ccco2)C1. The van der Waals surface area contributed by atoms with Gasteiger partial charge in [0.15, 0.2) is 0 Å². The van der Waals surface area contributed by atoms with Crippen LogP contribution in [0.5, 0.6) is 0 Å². The average molecular weight is 195 g/mol. The molecule has 1 saturated carbocycles. The minimum atomic E-state index is -0.680. The number of carboxylic acids is 1. The van der Waals surface area contributed by atoms with Gasteiger partial charge in [-0.25, -0.2) is 0 Å². The molecule has 76 valence electrons. The number of carboxylic acid groups (broad SMARTS) is 1. The number of aliphatic carboxylic acids is 1. The summed E-state index contributed by atoms with van der Waals surface area (Å²) in [6, 6.07) is 4.08. The minimum absolute atomic E-state index is 0.149. The van der Waals surface area contributed by atoms with Crippen LogP contribution in [0.3, 0.4) is 0 Å². The molecule has 0 saturated heterocycles. The highest BCUT2D eigenvalue weighted by Gasteiger charge is 2.33. The molecule has 2 rings (SSSR count). The van der Waals surface area contributed by atoms with Gasteiger partial charge in [-0.3, -0.25) is 4.79 Å². The Kier molecular flexibility index (Phi) is 2.54. The average Bonchev–Trinajstić information content (AvgIpc) is 2.52. The van der Waals surface area contributed by atoms with Gasteiger partial charge in [-0.1, -0.05) is 0 Å². The molecule has 0 aliphatic heterocycles. The summed E-state index contributed by atoms with van der Waals surface area (Å²) < 4.78 is 5.15. The number of carbonyl (C=O) groups is 1. The monoisotopic (exact) mass is 195 g/mol. The van der Waals surface area contributed by atoms with E-state index in [4.69, 9.17) is 9.52 Å². The van der Waals surface area contributed by atoms with E-state index in [9.17, 15) is 4.79 Å². The Labute approximate surface area is 81.9 Å². The summed E-state index contributed by atoms with van der Waals surface area (Å²) in [7, 11) is 0. The molecule has 0 atom stereocenters. The van der Waals surface area contributed by atoms with Crippen molar-refractivity contribution in [1.29, 1.82) is 0 Å². The Morgan fingerprint density at radius 3 is 3.00 bits per heavy atom. The van der Waals surface area contributed by atoms with Crippen molar-refractivity contribution in [3.8, 4) is 0 Å². The third-order valence-electron chi connectivity index (χ3n) is 2.63. The van der Waals surface area contributed by atoms with Crippen LogP contribution in [0.15, 0.2) is 22.8 Å². The van der Waals surface area contributed by atoms with E-state index >= 15 is 0 Å². The summed E-state index contributed by atoms with van der Waals surface area (Å²) in [5.74, 6) is 0.0638. The molecule has 1 heterocycles. The predicted octanol–water partition coefficient (Wildman–Crippen LogP) is 1.23. The van der Waals surface area contributed by atoms with Crippen LogP contribution in [0, 0.1) is 5.92 Å². The van der Waals surface area contributed by atoms with Crippen LogP contribution in [0.4, 0.5) is 0 Å². The summed E-state index contributed by atoms with van der Waals surface area (Å²) in [4.78, 5) is 10.5. The highest BCUT2D eigenvalue weighted by Crippen LogP contribution is 2.27. The second kappa shape index (κ2) is 3.84. The first-order valence-corrected chi connectivity index (χ1v) is 4.74. The predicted molar refractivity (Wildman–Crippen MR) is 49.7 cm³/mol. The van der Waals surface area contributed by atoms with Crippen LogP contribution in [0.2, 0.25) is 0 Å². The van der Waals surface area contributed by atoms with Crippen molar-refractivity contribution in [2.75, 3.05) is 0 Å². The molecule has 0 radical (unpaired) electrons. The van der Waals surface area contributed by atoms with Crippen molar-refractivity contribution in [2.24, 2.45) is 5.92 Å². The summed E-state index contributed by atoms with van der Waals surface area (Å²) in [6.45, 7) is 0.685. The molecule has 1 aromatic rings. The van der Waals surface area contributed by atoms with E-state index in [1.165, 1.54) is 0 Å². The number of hydrogen-bond donors (Lipinski definition) is 2. The maximum atomic E-state index is 10.5. The maximum Gasteiger partial charge on any atom is 0.306 e. The zero-order valence-electron chi connectivity index (χ0n) is 7.77. The lowest BCUT2D eigenvalue weighted by Gasteiger charge is -2.32. The lowest BCUT2D eigenvalue weighted by atomic mass is 9.80. The van der Waals surface area contributed by atoms with Gasteiger partial charge in [0.1, 0.15) is 5.76 Å². The fourth-order valence-electron chi connectivity index (χ4n) is 1.64. The van der Waals surface area contributed by atoms with Crippen molar-refractivity contribution >= 4 is 5.97 Å². The second-order valence-electron chi connectivity index (χ2n) is 3.66. The topological polar surface area (TPSA) is 62.5 Å². The van der Waals surface area contributed by atoms with Gasteiger partial charge < -0.3 is 14.8 Å². The fourth-order valence-corrected chi connectivity index (χ4v) is 1.64. The molecule has 1 aliphatic carbocycles. The van der Waals surface area contributed by atoms with Crippen LogP contribution in [-0.2, 0) is 11.3 Å². The van der Waals surface area contributed by atoms with E-state index in [0.717, 1.165) is 18.6 Å². The van der Waals surface area contributed by atoms with E-state index in [1.807, 2.05) is 12.1 Å². The van der Waals surface area contributed by atoms with Crippen molar-refractivity contribution in [3.05, 3.63) is 24.2 Å². The van der Waals surface area contributed by atoms with Gasteiger partial charge in [0, 0.05) is 6.04 Å². The molecule has 2 N–H and O–H groups in total. The van der Waals surface area contributed by atoms with E-state index in [1.54, 1.807) is 6.26 Å². The van der Waals surface area contributed by atoms with Gasteiger partial charge in [0.25, 0.3) is 0 Å². The Morgan fingerprint density at radius 2 is 2.43 bits per heavy atom. The molecule has 4 heteroatoms. The third kappa shape index (κ3) is 1.96. The van der Waals surface area contributed by atoms with Crippen molar-refractivity contribution in [2.45, 2.75) is 25.4 Å². The molecule has 0 amide bonds. The maximum absolute atomic E-state index is 10.5. The normalized spacial score (nSPS) is 25.7. The largest absolute Gasteiger partial charge is 0.481 e. The molecule has 0 bridgehead atoms. The van der Waals surface area contributed by atoms with Crippen LogP contribution in [0.1, 0.15) is 18.6 Å².